The fourth-order valence-corrected chi connectivity index (χ4v) is 12.1. The summed E-state index contributed by atoms with van der Waals surface area (Å²) >= 11 is 0. The molecule has 526 valence electrons. The van der Waals surface area contributed by atoms with Gasteiger partial charge in [-0.05, 0) is 148 Å². The molecule has 2 aromatic heterocycles. The second-order valence-electron chi connectivity index (χ2n) is 25.1. The first-order valence-corrected chi connectivity index (χ1v) is 32.5. The van der Waals surface area contributed by atoms with E-state index in [9.17, 15) is 68.7 Å². The van der Waals surface area contributed by atoms with Gasteiger partial charge in [0.15, 0.2) is 11.6 Å². The number of esters is 2. The lowest BCUT2D eigenvalue weighted by atomic mass is 9.98. The Labute approximate surface area is 563 Å². The molecule has 3 fully saturated rings. The summed E-state index contributed by atoms with van der Waals surface area (Å²) in [6.45, 7) is 13.7. The van der Waals surface area contributed by atoms with Gasteiger partial charge in [-0.15, -0.1) is 0 Å². The lowest BCUT2D eigenvalue weighted by Gasteiger charge is -2.43. The van der Waals surface area contributed by atoms with Crippen molar-refractivity contribution < 1.29 is 73.4 Å². The van der Waals surface area contributed by atoms with Crippen molar-refractivity contribution in [3.8, 4) is 57.1 Å². The van der Waals surface area contributed by atoms with Crippen molar-refractivity contribution in [1.29, 1.82) is 0 Å². The van der Waals surface area contributed by atoms with Crippen LogP contribution in [0.3, 0.4) is 0 Å². The number of carbonyl (C=O) groups excluding carboxylic acids is 6. The summed E-state index contributed by atoms with van der Waals surface area (Å²) in [5.41, 5.74) is 1.65. The molecular formula is C66H85N15O17. The zero-order chi connectivity index (χ0) is 70.7. The quantitative estimate of drug-likeness (QED) is 0.0229. The number of amides is 3. The normalized spacial score (nSPS) is 17.5. The number of phenols is 4. The number of carboxylic acids is 1. The second kappa shape index (κ2) is 31.9. The summed E-state index contributed by atoms with van der Waals surface area (Å²) in [4.78, 5) is 132. The number of likely N-dealkylation sites (N-methyl/N-ethyl adjacent to an activating group) is 2. The van der Waals surface area contributed by atoms with Gasteiger partial charge in [-0.25, -0.2) is 43.5 Å². The Morgan fingerprint density at radius 2 is 1.15 bits per heavy atom. The molecule has 3 atom stereocenters. The Bertz CT molecular complexity index is 3820. The number of cyclic esters (lactones) is 1. The fraction of sp³-hybridized carbons (Fsp3) is 0.470. The van der Waals surface area contributed by atoms with Crippen LogP contribution in [0.4, 0.5) is 0 Å². The SMILES string of the molecule is CCN(CCN1CC(=O)OC1(C)N1OC(=O)CN(C)CCN2CC(=O)OC21)[C@H](CCC(=O)NCCCN(CCCNC(=O)c1ccc(-n2c(-c3cc(C(C)C)c(O)cc3O)n[nH]c2=O)cc1)CCCNC(=O)c1ccc(-n2c(-c3cc(C(C)C)c(O)cc3O)n[nH]c2=O)cc1)C(=O)O. The fourth-order valence-electron chi connectivity index (χ4n) is 12.1. The van der Waals surface area contributed by atoms with Crippen LogP contribution in [0.15, 0.2) is 82.4 Å². The molecule has 6 aromatic rings. The largest absolute Gasteiger partial charge is 0.508 e. The molecule has 9 rings (SSSR count). The molecule has 5 heterocycles. The molecule has 4 aromatic carbocycles. The summed E-state index contributed by atoms with van der Waals surface area (Å²) < 4.78 is 13.9. The number of fused-ring (bicyclic) bond motifs is 1. The van der Waals surface area contributed by atoms with E-state index in [1.807, 2.05) is 27.7 Å². The van der Waals surface area contributed by atoms with Gasteiger partial charge in [-0.1, -0.05) is 34.6 Å². The number of aromatic nitrogens is 6. The van der Waals surface area contributed by atoms with Crippen molar-refractivity contribution in [3.63, 3.8) is 0 Å². The molecule has 3 aliphatic heterocycles. The van der Waals surface area contributed by atoms with Crippen molar-refractivity contribution in [3.05, 3.63) is 116 Å². The molecule has 3 aliphatic rings. The van der Waals surface area contributed by atoms with E-state index in [1.165, 1.54) is 28.2 Å². The first-order chi connectivity index (χ1) is 46.7. The van der Waals surface area contributed by atoms with Crippen LogP contribution in [0, 0.1) is 0 Å². The Balaban J connectivity index is 0.796. The Morgan fingerprint density at radius 3 is 1.63 bits per heavy atom. The van der Waals surface area contributed by atoms with Crippen LogP contribution in [0.1, 0.15) is 117 Å². The van der Waals surface area contributed by atoms with E-state index in [0.29, 0.717) is 85.6 Å². The summed E-state index contributed by atoms with van der Waals surface area (Å²) in [6.07, 6.45) is 0.0592. The molecule has 0 spiro atoms. The molecule has 3 saturated heterocycles. The number of aromatic hydroxyl groups is 4. The molecule has 10 N–H and O–H groups in total. The van der Waals surface area contributed by atoms with Crippen molar-refractivity contribution in [2.24, 2.45) is 0 Å². The van der Waals surface area contributed by atoms with Crippen LogP contribution in [-0.2, 0) is 38.3 Å². The number of ether oxygens (including phenoxy) is 2. The van der Waals surface area contributed by atoms with E-state index < -0.39 is 53.5 Å². The third kappa shape index (κ3) is 17.0. The van der Waals surface area contributed by atoms with Crippen LogP contribution >= 0.6 is 0 Å². The maximum absolute atomic E-state index is 13.5. The van der Waals surface area contributed by atoms with E-state index in [4.69, 9.17) is 14.3 Å². The van der Waals surface area contributed by atoms with E-state index in [2.05, 4.69) is 41.2 Å². The van der Waals surface area contributed by atoms with Gasteiger partial charge in [0.05, 0.1) is 29.0 Å². The molecule has 2 unspecified atom stereocenters. The molecule has 0 aliphatic carbocycles. The van der Waals surface area contributed by atoms with Gasteiger partial charge in [-0.3, -0.25) is 38.6 Å². The number of nitrogens with zero attached hydrogens (tertiary/aromatic N) is 10. The second-order valence-corrected chi connectivity index (χ2v) is 25.1. The number of hydrogen-bond donors (Lipinski definition) is 10. The third-order valence-corrected chi connectivity index (χ3v) is 17.5. The molecule has 0 saturated carbocycles. The molecule has 0 radical (unpaired) electrons. The highest BCUT2D eigenvalue weighted by atomic mass is 16.8. The monoisotopic (exact) mass is 1360 g/mol. The highest BCUT2D eigenvalue weighted by molar-refractivity contribution is 5.95. The molecule has 98 heavy (non-hydrogen) atoms. The first kappa shape index (κ1) is 72.3. The predicted octanol–water partition coefficient (Wildman–Crippen LogP) is 2.52. The van der Waals surface area contributed by atoms with Gasteiger partial charge in [0.25, 0.3) is 24.0 Å². The van der Waals surface area contributed by atoms with Gasteiger partial charge in [0.1, 0.15) is 42.1 Å². The first-order valence-electron chi connectivity index (χ1n) is 32.5. The summed E-state index contributed by atoms with van der Waals surface area (Å²) in [6, 6.07) is 16.9. The predicted molar refractivity (Wildman–Crippen MR) is 353 cm³/mol. The smallest absolute Gasteiger partial charge is 0.348 e. The van der Waals surface area contributed by atoms with Crippen molar-refractivity contribution in [2.45, 2.75) is 104 Å². The summed E-state index contributed by atoms with van der Waals surface area (Å²) in [5.74, 6) is -6.74. The molecule has 32 heteroatoms. The van der Waals surface area contributed by atoms with Crippen LogP contribution in [-0.4, -0.2) is 243 Å². The number of rotatable bonds is 30. The number of H-pyrrole nitrogens is 2. The number of benzene rings is 4. The topological polar surface area (TPSA) is 405 Å². The number of carbonyl (C=O) groups is 7. The number of aromatic amines is 2. The zero-order valence-corrected chi connectivity index (χ0v) is 55.8. The van der Waals surface area contributed by atoms with Gasteiger partial charge >= 0.3 is 35.3 Å². The van der Waals surface area contributed by atoms with E-state index >= 15 is 0 Å². The number of hydrogen-bond acceptors (Lipinski definition) is 24. The average molecular weight is 1360 g/mol. The van der Waals surface area contributed by atoms with Crippen LogP contribution < -0.4 is 27.3 Å². The molecular weight excluding hydrogens is 1270 g/mol. The van der Waals surface area contributed by atoms with Gasteiger partial charge < -0.3 is 60.7 Å². The lowest BCUT2D eigenvalue weighted by molar-refractivity contribution is -0.364. The Morgan fingerprint density at radius 1 is 0.653 bits per heavy atom. The van der Waals surface area contributed by atoms with E-state index in [0.717, 1.165) is 5.06 Å². The maximum atomic E-state index is 13.5. The number of hydroxylamine groups is 2. The highest BCUT2D eigenvalue weighted by Crippen LogP contribution is 2.40. The van der Waals surface area contributed by atoms with Crippen molar-refractivity contribution in [1.82, 2.24) is 75.0 Å². The minimum Gasteiger partial charge on any atom is -0.508 e. The zero-order valence-electron chi connectivity index (χ0n) is 55.8. The molecule has 32 nitrogen and oxygen atoms in total. The van der Waals surface area contributed by atoms with Crippen molar-refractivity contribution >= 4 is 41.6 Å². The standard InChI is InChI=1S/C66H85N15O17/c1-8-76(30-31-78-38-56(88)97-66(78,6)81-65-77(37-55(87)96-65)29-28-74(7)36-57(89)98-81)49(62(92)93)20-21-54(86)67-22-9-25-75(26-10-23-68-60(90)41-12-16-43(17-13-41)79-58(70-72-63(79)94)47-32-45(39(2)3)50(82)34-52(47)84)27-11-24-69-61(91)42-14-18-44(19-15-42)80-59(71-73-64(80)95)48-33-46(40(4)5)51(83)35-53(48)85/h12-19,32-35,39-40,49,65,82-85H,8-11,20-31,36-38H2,1-7H3,(H,67,86)(H,68,90)(H,69,91)(H,72,94)(H,73,95)(H,92,93)/t49-,65?,66?/m1/s1. The van der Waals surface area contributed by atoms with Crippen LogP contribution in [0.5, 0.6) is 23.0 Å². The maximum Gasteiger partial charge on any atom is 0.348 e. The number of nitrogens with one attached hydrogen (secondary N) is 5. The molecule has 3 amide bonds. The Kier molecular flexibility index (Phi) is 23.5. The molecule has 0 bridgehead atoms. The van der Waals surface area contributed by atoms with E-state index in [-0.39, 0.29) is 147 Å². The van der Waals surface area contributed by atoms with Crippen molar-refractivity contribution in [2.75, 3.05) is 98.7 Å². The third-order valence-electron chi connectivity index (χ3n) is 17.5. The minimum absolute atomic E-state index is 0.0455. The lowest BCUT2D eigenvalue weighted by Crippen LogP contribution is -2.64. The van der Waals surface area contributed by atoms with E-state index in [1.54, 1.807) is 94.2 Å². The van der Waals surface area contributed by atoms with Crippen LogP contribution in [0.25, 0.3) is 34.2 Å². The number of carboxylic acid groups (broad SMARTS) is 1. The summed E-state index contributed by atoms with van der Waals surface area (Å²) in [5, 5.41) is 75.8. The highest BCUT2D eigenvalue weighted by Gasteiger charge is 2.57. The van der Waals surface area contributed by atoms with Crippen LogP contribution in [0.2, 0.25) is 0 Å². The number of phenolic OH excluding ortho intramolecular Hbond substituents is 4. The van der Waals surface area contributed by atoms with Gasteiger partial charge in [0.2, 0.25) is 5.91 Å². The van der Waals surface area contributed by atoms with Gasteiger partial charge in [-0.2, -0.15) is 10.2 Å². The van der Waals surface area contributed by atoms with Gasteiger partial charge in [0, 0.05) is 82.4 Å². The minimum atomic E-state index is -1.75. The summed E-state index contributed by atoms with van der Waals surface area (Å²) in [7, 11) is 1.72. The number of aliphatic carboxylic acids is 1. The average Bonchev–Trinajstić information content (AvgIpc) is 1.59. The Hall–Kier alpha value is -9.99.